The second-order valence-electron chi connectivity index (χ2n) is 7.07. The monoisotopic (exact) mass is 395 g/mol. The first kappa shape index (κ1) is 18.9. The first-order valence-corrected chi connectivity index (χ1v) is 10.7. The van der Waals surface area contributed by atoms with Crippen molar-refractivity contribution in [2.45, 2.75) is 38.6 Å². The van der Waals surface area contributed by atoms with E-state index in [0.29, 0.717) is 5.76 Å². The van der Waals surface area contributed by atoms with Crippen LogP contribution in [0.15, 0.2) is 53.4 Å². The fourth-order valence-corrected chi connectivity index (χ4v) is 4.83. The lowest BCUT2D eigenvalue weighted by molar-refractivity contribution is 0.0996. The summed E-state index contributed by atoms with van der Waals surface area (Å²) in [5.41, 5.74) is 2.31. The SMILES string of the molecule is CCc1cc(C(c2cccnc2)N2CCCCC2)c(NC(=O)c2ccco2)s1. The van der Waals surface area contributed by atoms with Crippen molar-refractivity contribution in [3.05, 3.63) is 70.8 Å². The van der Waals surface area contributed by atoms with Gasteiger partial charge in [0, 0.05) is 22.8 Å². The minimum absolute atomic E-state index is 0.0949. The molecule has 146 valence electrons. The summed E-state index contributed by atoms with van der Waals surface area (Å²) in [6.07, 6.45) is 9.90. The molecule has 1 aliphatic rings. The van der Waals surface area contributed by atoms with Gasteiger partial charge in [-0.3, -0.25) is 14.7 Å². The third kappa shape index (κ3) is 4.03. The van der Waals surface area contributed by atoms with E-state index in [-0.39, 0.29) is 11.9 Å². The molecule has 0 spiro atoms. The van der Waals surface area contributed by atoms with E-state index in [1.807, 2.05) is 12.3 Å². The van der Waals surface area contributed by atoms with Crippen LogP contribution in [0.1, 0.15) is 58.8 Å². The first-order valence-electron chi connectivity index (χ1n) is 9.87. The molecule has 0 aliphatic carbocycles. The number of aryl methyl sites for hydroxylation is 1. The maximum absolute atomic E-state index is 12.6. The molecule has 1 N–H and O–H groups in total. The van der Waals surface area contributed by atoms with Crippen molar-refractivity contribution >= 4 is 22.2 Å². The molecule has 6 heteroatoms. The molecule has 1 unspecified atom stereocenters. The third-order valence-electron chi connectivity index (χ3n) is 5.18. The number of pyridine rings is 1. The Hall–Kier alpha value is -2.44. The van der Waals surface area contributed by atoms with Crippen molar-refractivity contribution in [3.8, 4) is 0 Å². The van der Waals surface area contributed by atoms with E-state index in [2.05, 4.69) is 34.3 Å². The van der Waals surface area contributed by atoms with Crippen LogP contribution in [0.4, 0.5) is 5.00 Å². The maximum atomic E-state index is 12.6. The summed E-state index contributed by atoms with van der Waals surface area (Å²) >= 11 is 1.65. The quantitative estimate of drug-likeness (QED) is 0.629. The predicted octanol–water partition coefficient (Wildman–Crippen LogP) is 5.13. The zero-order valence-corrected chi connectivity index (χ0v) is 16.9. The highest BCUT2D eigenvalue weighted by atomic mass is 32.1. The van der Waals surface area contributed by atoms with E-state index in [1.165, 1.54) is 36.0 Å². The highest BCUT2D eigenvalue weighted by molar-refractivity contribution is 7.16. The summed E-state index contributed by atoms with van der Waals surface area (Å²) in [6, 6.07) is 9.88. The molecule has 4 rings (SSSR count). The maximum Gasteiger partial charge on any atom is 0.291 e. The number of carbonyl (C=O) groups is 1. The van der Waals surface area contributed by atoms with Gasteiger partial charge in [0.25, 0.3) is 5.91 Å². The Labute approximate surface area is 169 Å². The molecule has 1 saturated heterocycles. The van der Waals surface area contributed by atoms with Gasteiger partial charge in [-0.1, -0.05) is 19.4 Å². The van der Waals surface area contributed by atoms with Gasteiger partial charge in [0.1, 0.15) is 5.00 Å². The molecule has 3 aromatic heterocycles. The van der Waals surface area contributed by atoms with Crippen LogP contribution in [0.5, 0.6) is 0 Å². The smallest absolute Gasteiger partial charge is 0.291 e. The van der Waals surface area contributed by atoms with Crippen LogP contribution in [0.2, 0.25) is 0 Å². The van der Waals surface area contributed by atoms with Gasteiger partial charge in [0.05, 0.1) is 12.3 Å². The van der Waals surface area contributed by atoms with Gasteiger partial charge in [-0.15, -0.1) is 11.3 Å². The molecule has 28 heavy (non-hydrogen) atoms. The lowest BCUT2D eigenvalue weighted by Gasteiger charge is -2.35. The molecule has 1 amide bonds. The van der Waals surface area contributed by atoms with E-state index in [9.17, 15) is 4.79 Å². The third-order valence-corrected chi connectivity index (χ3v) is 6.39. The fourth-order valence-electron chi connectivity index (χ4n) is 3.81. The average Bonchev–Trinajstić information content (AvgIpc) is 3.41. The van der Waals surface area contributed by atoms with Crippen molar-refractivity contribution in [1.82, 2.24) is 9.88 Å². The molecule has 0 bridgehead atoms. The number of furan rings is 1. The van der Waals surface area contributed by atoms with Crippen molar-refractivity contribution in [2.75, 3.05) is 18.4 Å². The van der Waals surface area contributed by atoms with Crippen molar-refractivity contribution < 1.29 is 9.21 Å². The van der Waals surface area contributed by atoms with Crippen LogP contribution in [0.25, 0.3) is 0 Å². The van der Waals surface area contributed by atoms with Gasteiger partial charge in [-0.05, 0) is 62.2 Å². The van der Waals surface area contributed by atoms with E-state index < -0.39 is 0 Å². The molecular weight excluding hydrogens is 370 g/mol. The van der Waals surface area contributed by atoms with E-state index in [1.54, 1.807) is 29.7 Å². The topological polar surface area (TPSA) is 58.4 Å². The van der Waals surface area contributed by atoms with Gasteiger partial charge >= 0.3 is 0 Å². The second kappa shape index (κ2) is 8.71. The lowest BCUT2D eigenvalue weighted by atomic mass is 9.97. The van der Waals surface area contributed by atoms with E-state index in [0.717, 1.165) is 30.1 Å². The van der Waals surface area contributed by atoms with Crippen molar-refractivity contribution in [3.63, 3.8) is 0 Å². The fraction of sp³-hybridized carbons (Fsp3) is 0.364. The number of nitrogens with zero attached hydrogens (tertiary/aromatic N) is 2. The summed E-state index contributed by atoms with van der Waals surface area (Å²) in [4.78, 5) is 20.8. The molecule has 5 nitrogen and oxygen atoms in total. The molecular formula is C22H25N3O2S. The van der Waals surface area contributed by atoms with E-state index in [4.69, 9.17) is 4.42 Å². The van der Waals surface area contributed by atoms with Gasteiger partial charge in [0.15, 0.2) is 5.76 Å². The zero-order chi connectivity index (χ0) is 19.3. The molecule has 1 aliphatic heterocycles. The number of likely N-dealkylation sites (tertiary alicyclic amines) is 1. The van der Waals surface area contributed by atoms with Crippen molar-refractivity contribution in [1.29, 1.82) is 0 Å². The molecule has 1 fully saturated rings. The number of hydrogen-bond acceptors (Lipinski definition) is 5. The number of hydrogen-bond donors (Lipinski definition) is 1. The van der Waals surface area contributed by atoms with Gasteiger partial charge < -0.3 is 9.73 Å². The Bertz CT molecular complexity index is 899. The number of thiophene rings is 1. The normalized spacial score (nSPS) is 16.0. The van der Waals surface area contributed by atoms with E-state index >= 15 is 0 Å². The molecule has 0 radical (unpaired) electrons. The molecule has 1 atom stereocenters. The van der Waals surface area contributed by atoms with Crippen molar-refractivity contribution in [2.24, 2.45) is 0 Å². The Kier molecular flexibility index (Phi) is 5.88. The van der Waals surface area contributed by atoms with Crippen LogP contribution in [0, 0.1) is 0 Å². The van der Waals surface area contributed by atoms with Crippen LogP contribution in [0.3, 0.4) is 0 Å². The molecule has 4 heterocycles. The number of piperidine rings is 1. The zero-order valence-electron chi connectivity index (χ0n) is 16.1. The van der Waals surface area contributed by atoms with Crippen LogP contribution >= 0.6 is 11.3 Å². The molecule has 0 saturated carbocycles. The summed E-state index contributed by atoms with van der Waals surface area (Å²) in [7, 11) is 0. The minimum atomic E-state index is -0.209. The Balaban J connectivity index is 1.72. The molecule has 3 aromatic rings. The standard InChI is InChI=1S/C22H25N3O2S/c1-2-17-14-18(22(28-17)24-21(26)19-9-7-13-27-19)20(16-8-6-10-23-15-16)25-11-4-3-5-12-25/h6-10,13-15,20H,2-5,11-12H2,1H3,(H,24,26). The van der Waals surface area contributed by atoms with Crippen LogP contribution < -0.4 is 5.32 Å². The number of anilines is 1. The predicted molar refractivity (Wildman–Crippen MR) is 112 cm³/mol. The summed E-state index contributed by atoms with van der Waals surface area (Å²) in [6.45, 7) is 4.26. The summed E-state index contributed by atoms with van der Waals surface area (Å²) in [5.74, 6) is 0.118. The Morgan fingerprint density at radius 1 is 1.29 bits per heavy atom. The number of amides is 1. The number of rotatable bonds is 6. The minimum Gasteiger partial charge on any atom is -0.459 e. The van der Waals surface area contributed by atoms with Crippen LogP contribution in [-0.2, 0) is 6.42 Å². The number of aromatic nitrogens is 1. The highest BCUT2D eigenvalue weighted by Crippen LogP contribution is 2.40. The van der Waals surface area contributed by atoms with Gasteiger partial charge in [-0.25, -0.2) is 0 Å². The van der Waals surface area contributed by atoms with Gasteiger partial charge in [-0.2, -0.15) is 0 Å². The second-order valence-corrected chi connectivity index (χ2v) is 8.20. The van der Waals surface area contributed by atoms with Gasteiger partial charge in [0.2, 0.25) is 0 Å². The average molecular weight is 396 g/mol. The summed E-state index contributed by atoms with van der Waals surface area (Å²) in [5, 5.41) is 4.00. The Morgan fingerprint density at radius 2 is 2.14 bits per heavy atom. The summed E-state index contributed by atoms with van der Waals surface area (Å²) < 4.78 is 5.27. The largest absolute Gasteiger partial charge is 0.459 e. The molecule has 0 aromatic carbocycles. The lowest BCUT2D eigenvalue weighted by Crippen LogP contribution is -2.34. The number of nitrogens with one attached hydrogen (secondary N) is 1. The highest BCUT2D eigenvalue weighted by Gasteiger charge is 2.28. The van der Waals surface area contributed by atoms with Crippen LogP contribution in [-0.4, -0.2) is 28.9 Å². The number of carbonyl (C=O) groups excluding carboxylic acids is 1. The first-order chi connectivity index (χ1) is 13.8. The Morgan fingerprint density at radius 3 is 2.82 bits per heavy atom.